The molecule has 0 radical (unpaired) electrons. The van der Waals surface area contributed by atoms with Crippen molar-refractivity contribution in [3.05, 3.63) is 36.5 Å². The topological polar surface area (TPSA) is 88.1 Å². The number of methoxy groups -OCH3 is 1. The van der Waals surface area contributed by atoms with Gasteiger partial charge in [-0.05, 0) is 42.6 Å². The van der Waals surface area contributed by atoms with Gasteiger partial charge in [0.15, 0.2) is 5.78 Å². The molecule has 3 aliphatic rings. The van der Waals surface area contributed by atoms with E-state index in [1.807, 2.05) is 0 Å². The smallest absolute Gasteiger partial charge is 0.305 e. The summed E-state index contributed by atoms with van der Waals surface area (Å²) in [5.41, 5.74) is 0.192. The second-order valence-corrected chi connectivity index (χ2v) is 9.50. The zero-order valence-electron chi connectivity index (χ0n) is 19.6. The summed E-state index contributed by atoms with van der Waals surface area (Å²) < 4.78 is 23.1. The molecule has 32 heavy (non-hydrogen) atoms. The van der Waals surface area contributed by atoms with Gasteiger partial charge in [0.2, 0.25) is 12.6 Å². The molecule has 7 heteroatoms. The Morgan fingerprint density at radius 1 is 1.28 bits per heavy atom. The molecule has 2 fully saturated rings. The molecule has 1 spiro atoms. The molecule has 0 unspecified atom stereocenters. The molecule has 176 valence electrons. The lowest BCUT2D eigenvalue weighted by atomic mass is 9.45. The third-order valence-electron chi connectivity index (χ3n) is 7.82. The lowest BCUT2D eigenvalue weighted by molar-refractivity contribution is -0.255. The quantitative estimate of drug-likeness (QED) is 0.433. The van der Waals surface area contributed by atoms with Crippen LogP contribution < -0.4 is 0 Å². The predicted octanol–water partition coefficient (Wildman–Crippen LogP) is 3.88. The number of hydrogen-bond acceptors (Lipinski definition) is 7. The molecule has 0 aromatic heterocycles. The highest BCUT2D eigenvalue weighted by molar-refractivity contribution is 5.92. The van der Waals surface area contributed by atoms with E-state index in [1.165, 1.54) is 19.9 Å². The molecule has 1 saturated carbocycles. The highest BCUT2D eigenvalue weighted by Gasteiger charge is 2.71. The number of esters is 2. The van der Waals surface area contributed by atoms with E-state index >= 15 is 0 Å². The maximum absolute atomic E-state index is 12.9. The van der Waals surface area contributed by atoms with Gasteiger partial charge in [-0.3, -0.25) is 19.1 Å². The minimum atomic E-state index is -1.11. The number of rotatable bonds is 7. The van der Waals surface area contributed by atoms with Gasteiger partial charge in [0.1, 0.15) is 0 Å². The third-order valence-corrected chi connectivity index (χ3v) is 7.82. The maximum Gasteiger partial charge on any atom is 0.305 e. The summed E-state index contributed by atoms with van der Waals surface area (Å²) in [5, 5.41) is 0. The molecule has 0 N–H and O–H groups in total. The Morgan fingerprint density at radius 3 is 2.50 bits per heavy atom. The number of carbonyl (C=O) groups excluding carboxylic acids is 3. The lowest BCUT2D eigenvalue weighted by Crippen LogP contribution is -2.63. The normalized spacial score (nSPS) is 38.2. The van der Waals surface area contributed by atoms with Crippen molar-refractivity contribution in [1.29, 1.82) is 0 Å². The van der Waals surface area contributed by atoms with Crippen LogP contribution in [0.5, 0.6) is 0 Å². The standard InChI is InChI=1S/C25H34O7/c1-8-14(2)9-10-24(6)15(3)11-21(29-7)25-19(12-18(28)13-20(24)25)22(30-16(4)26)32-23(25)31-17(5)27/h8,12,15,20-23H,1-2,9-11,13H2,3-7H3/t15-,20-,21-,22-,23+,24+,25+/m1/s1. The van der Waals surface area contributed by atoms with Crippen molar-refractivity contribution in [2.24, 2.45) is 22.7 Å². The molecule has 1 heterocycles. The van der Waals surface area contributed by atoms with Gasteiger partial charge in [0.05, 0.1) is 11.5 Å². The molecular weight excluding hydrogens is 412 g/mol. The van der Waals surface area contributed by atoms with E-state index < -0.39 is 29.9 Å². The number of allylic oxidation sites excluding steroid dienone is 3. The fraction of sp³-hybridized carbons (Fsp3) is 0.640. The molecule has 7 atom stereocenters. The SMILES string of the molecule is C=CC(=C)CC[C@@]1(C)[C@H](C)C[C@@H](OC)[C@]23C(=CC(=O)C[C@H]12)[C@H](OC(C)=O)O[C@@H]3OC(C)=O. The molecule has 7 nitrogen and oxygen atoms in total. The average Bonchev–Trinajstić information content (AvgIpc) is 3.00. The van der Waals surface area contributed by atoms with E-state index in [4.69, 9.17) is 18.9 Å². The van der Waals surface area contributed by atoms with Gasteiger partial charge in [0.25, 0.3) is 0 Å². The highest BCUT2D eigenvalue weighted by atomic mass is 16.8. The third kappa shape index (κ3) is 3.86. The molecular formula is C25H34O7. The monoisotopic (exact) mass is 446 g/mol. The van der Waals surface area contributed by atoms with Crippen LogP contribution in [0, 0.1) is 22.7 Å². The Labute approximate surface area is 189 Å². The molecule has 3 rings (SSSR count). The number of carbonyl (C=O) groups is 3. The van der Waals surface area contributed by atoms with Crippen molar-refractivity contribution in [3.63, 3.8) is 0 Å². The summed E-state index contributed by atoms with van der Waals surface area (Å²) >= 11 is 0. The Kier molecular flexibility index (Phi) is 6.82. The van der Waals surface area contributed by atoms with Crippen molar-refractivity contribution in [2.75, 3.05) is 7.11 Å². The van der Waals surface area contributed by atoms with E-state index in [2.05, 4.69) is 27.0 Å². The largest absolute Gasteiger partial charge is 0.435 e. The van der Waals surface area contributed by atoms with Crippen LogP contribution in [0.15, 0.2) is 36.5 Å². The second-order valence-electron chi connectivity index (χ2n) is 9.50. The fourth-order valence-electron chi connectivity index (χ4n) is 6.03. The van der Waals surface area contributed by atoms with Gasteiger partial charge in [-0.2, -0.15) is 0 Å². The first kappa shape index (κ1) is 24.4. The zero-order valence-corrected chi connectivity index (χ0v) is 19.6. The maximum atomic E-state index is 12.9. The van der Waals surface area contributed by atoms with Crippen molar-refractivity contribution >= 4 is 17.7 Å². The minimum absolute atomic E-state index is 0.0671. The van der Waals surface area contributed by atoms with Crippen molar-refractivity contribution in [3.8, 4) is 0 Å². The van der Waals surface area contributed by atoms with Crippen molar-refractivity contribution < 1.29 is 33.3 Å². The van der Waals surface area contributed by atoms with Crippen molar-refractivity contribution in [1.82, 2.24) is 0 Å². The first-order valence-electron chi connectivity index (χ1n) is 11.1. The second kappa shape index (κ2) is 8.94. The van der Waals surface area contributed by atoms with E-state index in [0.717, 1.165) is 18.4 Å². The average molecular weight is 447 g/mol. The zero-order chi connectivity index (χ0) is 23.8. The van der Waals surface area contributed by atoms with Crippen LogP contribution in [0.4, 0.5) is 0 Å². The molecule has 1 saturated heterocycles. The highest BCUT2D eigenvalue weighted by Crippen LogP contribution is 2.67. The number of ketones is 1. The van der Waals surface area contributed by atoms with Gasteiger partial charge in [-0.15, -0.1) is 0 Å². The number of ether oxygens (including phenoxy) is 4. The summed E-state index contributed by atoms with van der Waals surface area (Å²) in [4.78, 5) is 36.8. The Morgan fingerprint density at radius 2 is 1.94 bits per heavy atom. The van der Waals surface area contributed by atoms with Gasteiger partial charge >= 0.3 is 11.9 Å². The number of hydrogen-bond donors (Lipinski definition) is 0. The van der Waals surface area contributed by atoms with Gasteiger partial charge < -0.3 is 14.2 Å². The fourth-order valence-corrected chi connectivity index (χ4v) is 6.03. The lowest BCUT2D eigenvalue weighted by Gasteiger charge is -2.60. The first-order chi connectivity index (χ1) is 15.0. The van der Waals surface area contributed by atoms with Crippen LogP contribution in [0.25, 0.3) is 0 Å². The Bertz CT molecular complexity index is 858. The van der Waals surface area contributed by atoms with Gasteiger partial charge in [-0.25, -0.2) is 0 Å². The van der Waals surface area contributed by atoms with E-state index in [-0.39, 0.29) is 35.6 Å². The minimum Gasteiger partial charge on any atom is -0.435 e. The molecule has 0 aromatic rings. The summed E-state index contributed by atoms with van der Waals surface area (Å²) in [6.07, 6.45) is 3.15. The van der Waals surface area contributed by atoms with Crippen LogP contribution in [-0.4, -0.2) is 43.5 Å². The van der Waals surface area contributed by atoms with Crippen LogP contribution in [0.3, 0.4) is 0 Å². The Hall–Kier alpha value is -2.25. The molecule has 2 aliphatic carbocycles. The van der Waals surface area contributed by atoms with Crippen LogP contribution in [0.2, 0.25) is 0 Å². The Balaban J connectivity index is 2.19. The van der Waals surface area contributed by atoms with Gasteiger partial charge in [-0.1, -0.05) is 38.7 Å². The summed E-state index contributed by atoms with van der Waals surface area (Å²) in [6.45, 7) is 14.8. The summed E-state index contributed by atoms with van der Waals surface area (Å²) in [5.74, 6) is -1.18. The summed E-state index contributed by atoms with van der Waals surface area (Å²) in [6, 6.07) is 0. The first-order valence-corrected chi connectivity index (χ1v) is 11.1. The predicted molar refractivity (Wildman–Crippen MR) is 117 cm³/mol. The molecule has 0 amide bonds. The molecule has 0 bridgehead atoms. The molecule has 0 aromatic carbocycles. The van der Waals surface area contributed by atoms with Crippen molar-refractivity contribution in [2.45, 2.75) is 72.1 Å². The van der Waals surface area contributed by atoms with Crippen LogP contribution in [-0.2, 0) is 33.3 Å². The van der Waals surface area contributed by atoms with Crippen LogP contribution >= 0.6 is 0 Å². The van der Waals surface area contributed by atoms with E-state index in [0.29, 0.717) is 12.0 Å². The van der Waals surface area contributed by atoms with Crippen LogP contribution in [0.1, 0.15) is 53.4 Å². The van der Waals surface area contributed by atoms with E-state index in [9.17, 15) is 14.4 Å². The van der Waals surface area contributed by atoms with Gasteiger partial charge in [0, 0.05) is 33.0 Å². The summed E-state index contributed by atoms with van der Waals surface area (Å²) in [7, 11) is 1.61. The molecule has 1 aliphatic heterocycles. The van der Waals surface area contributed by atoms with E-state index in [1.54, 1.807) is 13.2 Å².